The van der Waals surface area contributed by atoms with Crippen LogP contribution in [0.1, 0.15) is 24.5 Å². The highest BCUT2D eigenvalue weighted by molar-refractivity contribution is 7.44. The predicted octanol–water partition coefficient (Wildman–Crippen LogP) is 5.65. The SMILES string of the molecule is C=C(C)C(=O)OC[Si]1(C)CCC(c2ccccc2)(c2ccccc2)O[Si]1(C)c1ccccc1. The van der Waals surface area contributed by atoms with Gasteiger partial charge >= 0.3 is 5.97 Å². The van der Waals surface area contributed by atoms with Crippen molar-refractivity contribution >= 4 is 26.6 Å². The number of carbonyl (C=O) groups is 1. The third-order valence-electron chi connectivity index (χ3n) is 7.23. The first-order chi connectivity index (χ1) is 15.8. The van der Waals surface area contributed by atoms with Crippen molar-refractivity contribution in [3.63, 3.8) is 0 Å². The molecule has 0 aromatic heterocycles. The molecule has 2 atom stereocenters. The second-order valence-electron chi connectivity index (χ2n) is 9.48. The molecule has 0 saturated carbocycles. The molecular formula is C28H32O3Si2. The molecule has 0 radical (unpaired) electrons. The number of benzene rings is 3. The van der Waals surface area contributed by atoms with Crippen molar-refractivity contribution in [1.82, 2.24) is 0 Å². The van der Waals surface area contributed by atoms with Crippen LogP contribution in [0.25, 0.3) is 0 Å². The molecule has 3 aromatic rings. The average molecular weight is 473 g/mol. The second-order valence-corrected chi connectivity index (χ2v) is 22.7. The molecule has 3 nitrogen and oxygen atoms in total. The third-order valence-corrected chi connectivity index (χ3v) is 23.1. The molecule has 0 amide bonds. The van der Waals surface area contributed by atoms with Gasteiger partial charge in [0.05, 0.1) is 6.23 Å². The summed E-state index contributed by atoms with van der Waals surface area (Å²) >= 11 is 0. The second kappa shape index (κ2) is 9.25. The fourth-order valence-electron chi connectivity index (χ4n) is 4.92. The fourth-order valence-corrected chi connectivity index (χ4v) is 16.8. The van der Waals surface area contributed by atoms with Gasteiger partial charge in [-0.15, -0.1) is 0 Å². The zero-order chi connectivity index (χ0) is 23.5. The van der Waals surface area contributed by atoms with Gasteiger partial charge in [0.1, 0.15) is 13.2 Å². The lowest BCUT2D eigenvalue weighted by molar-refractivity contribution is -0.137. The fraction of sp³-hybridized carbons (Fsp3) is 0.250. The Hall–Kier alpha value is -2.74. The molecule has 0 N–H and O–H groups in total. The number of esters is 1. The van der Waals surface area contributed by atoms with Gasteiger partial charge in [0.15, 0.2) is 0 Å². The molecule has 33 heavy (non-hydrogen) atoms. The van der Waals surface area contributed by atoms with E-state index in [-0.39, 0.29) is 5.97 Å². The molecule has 1 aliphatic heterocycles. The van der Waals surface area contributed by atoms with Crippen LogP contribution in [0.4, 0.5) is 0 Å². The first-order valence-corrected chi connectivity index (χ1v) is 17.8. The van der Waals surface area contributed by atoms with Gasteiger partial charge in [-0.25, -0.2) is 4.79 Å². The van der Waals surface area contributed by atoms with E-state index in [1.54, 1.807) is 6.92 Å². The molecule has 4 rings (SSSR count). The van der Waals surface area contributed by atoms with Crippen LogP contribution in [0.5, 0.6) is 0 Å². The van der Waals surface area contributed by atoms with E-state index >= 15 is 0 Å². The summed E-state index contributed by atoms with van der Waals surface area (Å²) in [5.74, 6) is -0.309. The Morgan fingerprint density at radius 2 is 1.39 bits per heavy atom. The van der Waals surface area contributed by atoms with E-state index in [9.17, 15) is 4.79 Å². The van der Waals surface area contributed by atoms with Gasteiger partial charge in [-0.1, -0.05) is 110 Å². The molecule has 0 spiro atoms. The molecule has 170 valence electrons. The summed E-state index contributed by atoms with van der Waals surface area (Å²) in [6.07, 6.45) is 1.32. The molecule has 0 aliphatic carbocycles. The normalized spacial score (nSPS) is 24.1. The van der Waals surface area contributed by atoms with E-state index in [1.807, 2.05) is 6.07 Å². The Bertz CT molecular complexity index is 1080. The maximum absolute atomic E-state index is 12.3. The van der Waals surface area contributed by atoms with Crippen LogP contribution in [-0.4, -0.2) is 27.6 Å². The van der Waals surface area contributed by atoms with Crippen molar-refractivity contribution in [2.45, 2.75) is 38.1 Å². The Labute approximate surface area is 199 Å². The van der Waals surface area contributed by atoms with E-state index in [0.29, 0.717) is 11.8 Å². The van der Waals surface area contributed by atoms with Crippen LogP contribution in [0.3, 0.4) is 0 Å². The number of rotatable bonds is 6. The highest BCUT2D eigenvalue weighted by Crippen LogP contribution is 2.48. The topological polar surface area (TPSA) is 35.5 Å². The zero-order valence-corrected chi connectivity index (χ0v) is 21.7. The summed E-state index contributed by atoms with van der Waals surface area (Å²) in [7, 11) is -4.70. The van der Waals surface area contributed by atoms with Crippen molar-refractivity contribution in [1.29, 1.82) is 0 Å². The Balaban J connectivity index is 1.85. The number of hydrogen-bond donors (Lipinski definition) is 0. The number of ether oxygens (including phenoxy) is 1. The van der Waals surface area contributed by atoms with E-state index in [4.69, 9.17) is 9.16 Å². The van der Waals surface area contributed by atoms with Crippen LogP contribution < -0.4 is 5.19 Å². The number of carbonyl (C=O) groups excluding carboxylic acids is 1. The Kier molecular flexibility index (Phi) is 6.57. The van der Waals surface area contributed by atoms with Crippen LogP contribution in [0, 0.1) is 0 Å². The molecule has 1 heterocycles. The van der Waals surface area contributed by atoms with Crippen LogP contribution in [0.15, 0.2) is 103 Å². The van der Waals surface area contributed by atoms with Gasteiger partial charge in [0.2, 0.25) is 7.83 Å². The lowest BCUT2D eigenvalue weighted by Gasteiger charge is -2.54. The van der Waals surface area contributed by atoms with Gasteiger partial charge in [-0.3, -0.25) is 0 Å². The minimum Gasteiger partial charge on any atom is -0.466 e. The van der Waals surface area contributed by atoms with Crippen LogP contribution in [-0.2, 0) is 19.6 Å². The van der Waals surface area contributed by atoms with Crippen molar-refractivity contribution in [2.24, 2.45) is 0 Å². The quantitative estimate of drug-likeness (QED) is 0.264. The Morgan fingerprint density at radius 3 is 1.88 bits per heavy atom. The monoisotopic (exact) mass is 472 g/mol. The van der Waals surface area contributed by atoms with Crippen molar-refractivity contribution in [2.75, 3.05) is 6.23 Å². The van der Waals surface area contributed by atoms with E-state index in [2.05, 4.69) is 105 Å². The van der Waals surface area contributed by atoms with Crippen molar-refractivity contribution in [3.05, 3.63) is 114 Å². The summed E-state index contributed by atoms with van der Waals surface area (Å²) < 4.78 is 13.3. The molecule has 5 heteroatoms. The van der Waals surface area contributed by atoms with Gasteiger partial charge in [0.25, 0.3) is 0 Å². The highest BCUT2D eigenvalue weighted by atomic mass is 29.3. The maximum Gasteiger partial charge on any atom is 0.332 e. The molecule has 1 aliphatic rings. The summed E-state index contributed by atoms with van der Waals surface area (Å²) in [5.41, 5.74) is 2.28. The Morgan fingerprint density at radius 1 is 0.909 bits per heavy atom. The van der Waals surface area contributed by atoms with E-state index in [1.165, 1.54) is 16.3 Å². The van der Waals surface area contributed by atoms with Gasteiger partial charge in [0, 0.05) is 5.57 Å². The first kappa shape index (κ1) is 23.4. The van der Waals surface area contributed by atoms with E-state index in [0.717, 1.165) is 12.5 Å². The summed E-state index contributed by atoms with van der Waals surface area (Å²) in [6.45, 7) is 10.2. The maximum atomic E-state index is 12.3. The van der Waals surface area contributed by atoms with Crippen molar-refractivity contribution < 1.29 is 14.0 Å². The molecule has 1 fully saturated rings. The number of hydrogen-bond acceptors (Lipinski definition) is 3. The summed E-state index contributed by atoms with van der Waals surface area (Å²) in [6, 6.07) is 32.8. The summed E-state index contributed by atoms with van der Waals surface area (Å²) in [4.78, 5) is 12.3. The highest BCUT2D eigenvalue weighted by Gasteiger charge is 2.61. The van der Waals surface area contributed by atoms with Gasteiger partial charge < -0.3 is 9.16 Å². The molecule has 1 saturated heterocycles. The minimum atomic E-state index is -2.54. The minimum absolute atomic E-state index is 0.309. The zero-order valence-electron chi connectivity index (χ0n) is 19.7. The van der Waals surface area contributed by atoms with E-state index < -0.39 is 21.0 Å². The lowest BCUT2D eigenvalue weighted by Crippen LogP contribution is -2.75. The summed E-state index contributed by atoms with van der Waals surface area (Å²) in [5, 5.41) is 1.27. The predicted molar refractivity (Wildman–Crippen MR) is 139 cm³/mol. The lowest BCUT2D eigenvalue weighted by atomic mass is 9.84. The van der Waals surface area contributed by atoms with Gasteiger partial charge in [-0.2, -0.15) is 0 Å². The largest absolute Gasteiger partial charge is 0.466 e. The van der Waals surface area contributed by atoms with Crippen molar-refractivity contribution in [3.8, 4) is 0 Å². The standard InChI is InChI=1S/C28H32O3Si2/c1-23(2)27(29)30-22-32(3)21-20-28(24-14-8-5-9-15-24,25-16-10-6-11-17-25)31-33(32,4)26-18-12-7-13-19-26/h5-19H,1,20-22H2,2-4H3. The first-order valence-electron chi connectivity index (χ1n) is 11.5. The molecule has 2 unspecified atom stereocenters. The molecular weight excluding hydrogens is 440 g/mol. The molecule has 3 aromatic carbocycles. The smallest absolute Gasteiger partial charge is 0.332 e. The average Bonchev–Trinajstić information content (AvgIpc) is 2.86. The van der Waals surface area contributed by atoms with Gasteiger partial charge in [-0.05, 0) is 36.2 Å². The third kappa shape index (κ3) is 4.28. The van der Waals surface area contributed by atoms with Crippen LogP contribution >= 0.6 is 0 Å². The van der Waals surface area contributed by atoms with Crippen LogP contribution in [0.2, 0.25) is 19.1 Å². The molecule has 0 bridgehead atoms.